The van der Waals surface area contributed by atoms with Crippen LogP contribution in [0.4, 0.5) is 0 Å². The summed E-state index contributed by atoms with van der Waals surface area (Å²) in [6.45, 7) is 9.72. The molecule has 0 amide bonds. The molecule has 1 unspecified atom stereocenters. The Balaban J connectivity index is 2.68. The predicted octanol–water partition coefficient (Wildman–Crippen LogP) is 3.05. The normalized spacial score (nSPS) is 29.9. The van der Waals surface area contributed by atoms with E-state index in [-0.39, 0.29) is 12.0 Å². The van der Waals surface area contributed by atoms with Gasteiger partial charge in [-0.15, -0.1) is 0 Å². The lowest BCUT2D eigenvalue weighted by Gasteiger charge is -2.28. The third kappa shape index (κ3) is 1.81. The molecule has 1 rings (SSSR count). The van der Waals surface area contributed by atoms with Crippen molar-refractivity contribution in [2.75, 3.05) is 0 Å². The fourth-order valence-corrected chi connectivity index (χ4v) is 1.78. The van der Waals surface area contributed by atoms with E-state index in [1.165, 1.54) is 0 Å². The van der Waals surface area contributed by atoms with Crippen LogP contribution >= 0.6 is 0 Å². The molecule has 0 aromatic carbocycles. The Morgan fingerprint density at radius 1 is 1.67 bits per heavy atom. The predicted molar refractivity (Wildman–Crippen MR) is 50.9 cm³/mol. The first-order valence-electron chi connectivity index (χ1n) is 4.29. The maximum Gasteiger partial charge on any atom is 0.102 e. The maximum absolute atomic E-state index is 10.5. The highest BCUT2D eigenvalue weighted by atomic mass is 16.3. The Kier molecular flexibility index (Phi) is 2.79. The lowest BCUT2D eigenvalue weighted by atomic mass is 9.79. The molecule has 0 N–H and O–H groups in total. The molecule has 2 nitrogen and oxygen atoms in total. The van der Waals surface area contributed by atoms with Gasteiger partial charge in [0.15, 0.2) is 0 Å². The van der Waals surface area contributed by atoms with Crippen molar-refractivity contribution < 1.29 is 0 Å². The fourth-order valence-electron chi connectivity index (χ4n) is 1.78. The second kappa shape index (κ2) is 3.65. The quantitative estimate of drug-likeness (QED) is 0.456. The topological polar surface area (TPSA) is 29.4 Å². The first kappa shape index (κ1) is 9.17. The zero-order chi connectivity index (χ0) is 9.14. The number of hydrogen-bond donors (Lipinski definition) is 0. The average Bonchev–Trinajstić information content (AvgIpc) is 2.03. The molecule has 1 aliphatic rings. The first-order valence-corrected chi connectivity index (χ1v) is 4.29. The van der Waals surface area contributed by atoms with Crippen LogP contribution < -0.4 is 0 Å². The van der Waals surface area contributed by atoms with Gasteiger partial charge in [-0.3, -0.25) is 0 Å². The fraction of sp³-hybridized carbons (Fsp3) is 0.600. The lowest BCUT2D eigenvalue weighted by molar-refractivity contribution is 0.402. The summed E-state index contributed by atoms with van der Waals surface area (Å²) in [4.78, 5) is 10.5. The van der Waals surface area contributed by atoms with E-state index < -0.39 is 0 Å². The minimum absolute atomic E-state index is 0.108. The SMILES string of the molecule is C=C1CC[C@@H](C(=C)C)C(N=O)C1. The van der Waals surface area contributed by atoms with Gasteiger partial charge >= 0.3 is 0 Å². The zero-order valence-electron chi connectivity index (χ0n) is 7.55. The Hall–Kier alpha value is -0.920. The minimum Gasteiger partial charge on any atom is -0.150 e. The van der Waals surface area contributed by atoms with Gasteiger partial charge in [0.1, 0.15) is 6.04 Å². The third-order valence-electron chi connectivity index (χ3n) is 2.54. The van der Waals surface area contributed by atoms with Gasteiger partial charge in [-0.25, -0.2) is 0 Å². The number of rotatable bonds is 2. The average molecular weight is 165 g/mol. The highest BCUT2D eigenvalue weighted by molar-refractivity contribution is 5.12. The molecule has 0 aliphatic heterocycles. The Labute approximate surface area is 73.3 Å². The van der Waals surface area contributed by atoms with E-state index >= 15 is 0 Å². The van der Waals surface area contributed by atoms with Gasteiger partial charge in [0.05, 0.1) is 0 Å². The maximum atomic E-state index is 10.5. The molecule has 0 heterocycles. The second-order valence-electron chi connectivity index (χ2n) is 3.62. The summed E-state index contributed by atoms with van der Waals surface area (Å²) in [5.74, 6) is 0.285. The molecule has 0 spiro atoms. The lowest BCUT2D eigenvalue weighted by Crippen LogP contribution is -2.24. The highest BCUT2D eigenvalue weighted by Crippen LogP contribution is 2.33. The van der Waals surface area contributed by atoms with Crippen LogP contribution in [-0.4, -0.2) is 6.04 Å². The standard InChI is InChI=1S/C10H15NO/c1-7(2)9-5-4-8(3)6-10(9)11-12/h9-10H,1,3-6H2,2H3/t9-,10?/m0/s1. The van der Waals surface area contributed by atoms with Crippen molar-refractivity contribution in [1.82, 2.24) is 0 Å². The smallest absolute Gasteiger partial charge is 0.102 e. The molecule has 2 heteroatoms. The van der Waals surface area contributed by atoms with Crippen molar-refractivity contribution in [3.8, 4) is 0 Å². The molecule has 1 saturated carbocycles. The summed E-state index contributed by atoms with van der Waals surface area (Å²) in [7, 11) is 0. The third-order valence-corrected chi connectivity index (χ3v) is 2.54. The van der Waals surface area contributed by atoms with Gasteiger partial charge in [-0.2, -0.15) is 4.91 Å². The molecule has 0 bridgehead atoms. The molecule has 0 saturated heterocycles. The van der Waals surface area contributed by atoms with Crippen LogP contribution in [0, 0.1) is 10.8 Å². The summed E-state index contributed by atoms with van der Waals surface area (Å²) in [5.41, 5.74) is 2.23. The van der Waals surface area contributed by atoms with E-state index in [1.807, 2.05) is 6.92 Å². The van der Waals surface area contributed by atoms with Gasteiger partial charge in [0.2, 0.25) is 0 Å². The van der Waals surface area contributed by atoms with E-state index in [1.54, 1.807) is 0 Å². The minimum atomic E-state index is -0.108. The van der Waals surface area contributed by atoms with Crippen LogP contribution in [0.25, 0.3) is 0 Å². The Morgan fingerprint density at radius 3 is 2.83 bits per heavy atom. The molecule has 1 aliphatic carbocycles. The van der Waals surface area contributed by atoms with E-state index in [4.69, 9.17) is 0 Å². The van der Waals surface area contributed by atoms with Gasteiger partial charge in [-0.05, 0) is 26.2 Å². The first-order chi connectivity index (χ1) is 5.65. The van der Waals surface area contributed by atoms with Gasteiger partial charge in [-0.1, -0.05) is 29.5 Å². The zero-order valence-corrected chi connectivity index (χ0v) is 7.55. The van der Waals surface area contributed by atoms with Crippen LogP contribution in [-0.2, 0) is 0 Å². The second-order valence-corrected chi connectivity index (χ2v) is 3.62. The van der Waals surface area contributed by atoms with Crippen molar-refractivity contribution in [3.63, 3.8) is 0 Å². The van der Waals surface area contributed by atoms with Crippen LogP contribution in [0.3, 0.4) is 0 Å². The van der Waals surface area contributed by atoms with Crippen molar-refractivity contribution >= 4 is 0 Å². The summed E-state index contributed by atoms with van der Waals surface area (Å²) < 4.78 is 0. The number of hydrogen-bond acceptors (Lipinski definition) is 2. The molecule has 66 valence electrons. The summed E-state index contributed by atoms with van der Waals surface area (Å²) in [5, 5.41) is 3.13. The van der Waals surface area contributed by atoms with E-state index in [2.05, 4.69) is 18.3 Å². The molecular weight excluding hydrogens is 150 g/mol. The van der Waals surface area contributed by atoms with Crippen molar-refractivity contribution in [2.24, 2.45) is 11.1 Å². The van der Waals surface area contributed by atoms with Gasteiger partial charge < -0.3 is 0 Å². The number of nitrogens with zero attached hydrogens (tertiary/aromatic N) is 1. The highest BCUT2D eigenvalue weighted by Gasteiger charge is 2.27. The summed E-state index contributed by atoms with van der Waals surface area (Å²) >= 11 is 0. The number of nitroso groups, excluding NO2 is 1. The van der Waals surface area contributed by atoms with Crippen molar-refractivity contribution in [3.05, 3.63) is 29.2 Å². The molecule has 2 atom stereocenters. The molecular formula is C10H15NO. The largest absolute Gasteiger partial charge is 0.150 e. The molecule has 0 aromatic rings. The summed E-state index contributed by atoms with van der Waals surface area (Å²) in [6, 6.07) is -0.108. The van der Waals surface area contributed by atoms with Gasteiger partial charge in [0, 0.05) is 5.92 Å². The van der Waals surface area contributed by atoms with Crippen molar-refractivity contribution in [2.45, 2.75) is 32.2 Å². The molecule has 1 fully saturated rings. The molecule has 0 radical (unpaired) electrons. The van der Waals surface area contributed by atoms with Crippen LogP contribution in [0.15, 0.2) is 29.5 Å². The van der Waals surface area contributed by atoms with E-state index in [0.29, 0.717) is 0 Å². The molecule has 12 heavy (non-hydrogen) atoms. The van der Waals surface area contributed by atoms with E-state index in [9.17, 15) is 4.91 Å². The van der Waals surface area contributed by atoms with Crippen molar-refractivity contribution in [1.29, 1.82) is 0 Å². The Morgan fingerprint density at radius 2 is 2.33 bits per heavy atom. The van der Waals surface area contributed by atoms with Gasteiger partial charge in [0.25, 0.3) is 0 Å². The van der Waals surface area contributed by atoms with Crippen LogP contribution in [0.5, 0.6) is 0 Å². The van der Waals surface area contributed by atoms with Crippen LogP contribution in [0.1, 0.15) is 26.2 Å². The van der Waals surface area contributed by atoms with E-state index in [0.717, 1.165) is 30.4 Å². The molecule has 0 aromatic heterocycles. The summed E-state index contributed by atoms with van der Waals surface area (Å²) in [6.07, 6.45) is 2.76. The van der Waals surface area contributed by atoms with Crippen LogP contribution in [0.2, 0.25) is 0 Å². The monoisotopic (exact) mass is 165 g/mol. The Bertz CT molecular complexity index is 220.